The molecule has 0 aliphatic rings. The molecular formula is C13H15N3O5S. The van der Waals surface area contributed by atoms with E-state index >= 15 is 0 Å². The van der Waals surface area contributed by atoms with E-state index in [1.165, 1.54) is 30.7 Å². The lowest BCUT2D eigenvalue weighted by molar-refractivity contribution is -0.133. The van der Waals surface area contributed by atoms with Crippen molar-refractivity contribution >= 4 is 26.8 Å². The number of carbonyl (C=O) groups excluding carboxylic acids is 1. The fourth-order valence-corrected chi connectivity index (χ4v) is 3.18. The van der Waals surface area contributed by atoms with Gasteiger partial charge in [-0.1, -0.05) is 12.1 Å². The second-order valence-electron chi connectivity index (χ2n) is 4.67. The minimum Gasteiger partial charge on any atom is -0.391 e. The van der Waals surface area contributed by atoms with Crippen molar-refractivity contribution < 1.29 is 23.5 Å². The van der Waals surface area contributed by atoms with Gasteiger partial charge >= 0.3 is 0 Å². The first-order valence-corrected chi connectivity index (χ1v) is 7.82. The van der Waals surface area contributed by atoms with Gasteiger partial charge in [-0.15, -0.1) is 0 Å². The number of aromatic nitrogens is 1. The quantitative estimate of drug-likeness (QED) is 0.444. The van der Waals surface area contributed by atoms with E-state index in [9.17, 15) is 18.3 Å². The summed E-state index contributed by atoms with van der Waals surface area (Å²) in [6, 6.07) is 6.29. The topological polar surface area (TPSA) is 129 Å². The summed E-state index contributed by atoms with van der Waals surface area (Å²) < 4.78 is 26.6. The van der Waals surface area contributed by atoms with Crippen molar-refractivity contribution in [3.05, 3.63) is 36.5 Å². The van der Waals surface area contributed by atoms with E-state index in [4.69, 9.17) is 5.21 Å². The second-order valence-corrected chi connectivity index (χ2v) is 6.39. The van der Waals surface area contributed by atoms with Gasteiger partial charge in [-0.2, -0.15) is 4.72 Å². The molecule has 0 saturated heterocycles. The first kappa shape index (κ1) is 16.3. The lowest BCUT2D eigenvalue weighted by atomic mass is 10.2. The highest BCUT2D eigenvalue weighted by molar-refractivity contribution is 7.89. The molecule has 0 aliphatic heterocycles. The van der Waals surface area contributed by atoms with Crippen LogP contribution in [0.2, 0.25) is 0 Å². The highest BCUT2D eigenvalue weighted by Gasteiger charge is 2.29. The zero-order valence-corrected chi connectivity index (χ0v) is 12.4. The fraction of sp³-hybridized carbons (Fsp3) is 0.231. The number of rotatable bonds is 5. The maximum absolute atomic E-state index is 12.3. The number of nitrogens with zero attached hydrogens (tertiary/aromatic N) is 1. The number of hydrogen-bond acceptors (Lipinski definition) is 6. The number of pyridine rings is 1. The van der Waals surface area contributed by atoms with Crippen molar-refractivity contribution in [2.45, 2.75) is 24.0 Å². The number of hydrogen-bond donors (Lipinski definition) is 4. The average molecular weight is 325 g/mol. The van der Waals surface area contributed by atoms with Crippen LogP contribution in [0.5, 0.6) is 0 Å². The molecule has 8 nitrogen and oxygen atoms in total. The summed E-state index contributed by atoms with van der Waals surface area (Å²) in [5.74, 6) is -1.06. The normalized spacial score (nSPS) is 14.5. The lowest BCUT2D eigenvalue weighted by Crippen LogP contribution is -2.51. The van der Waals surface area contributed by atoms with Crippen LogP contribution in [0.1, 0.15) is 6.92 Å². The molecule has 0 unspecified atom stereocenters. The second kappa shape index (κ2) is 6.36. The summed E-state index contributed by atoms with van der Waals surface area (Å²) in [7, 11) is -4.07. The number of aliphatic hydroxyl groups excluding tert-OH is 1. The van der Waals surface area contributed by atoms with Gasteiger partial charge in [-0.05, 0) is 25.1 Å². The number of benzene rings is 1. The molecule has 1 aromatic heterocycles. The highest BCUT2D eigenvalue weighted by Crippen LogP contribution is 2.17. The molecule has 0 aliphatic carbocycles. The first-order chi connectivity index (χ1) is 10.3. The van der Waals surface area contributed by atoms with Crippen LogP contribution in [0.25, 0.3) is 10.9 Å². The van der Waals surface area contributed by atoms with Crippen LogP contribution in [0, 0.1) is 0 Å². The predicted octanol–water partition coefficient (Wildman–Crippen LogP) is -0.232. The largest absolute Gasteiger partial charge is 0.391 e. The Morgan fingerprint density at radius 2 is 2.05 bits per heavy atom. The van der Waals surface area contributed by atoms with E-state index in [1.54, 1.807) is 18.2 Å². The van der Waals surface area contributed by atoms with E-state index in [1.807, 2.05) is 4.72 Å². The molecule has 1 aromatic carbocycles. The van der Waals surface area contributed by atoms with E-state index in [-0.39, 0.29) is 4.90 Å². The SMILES string of the molecule is C[C@@H](O)[C@H](NS(=O)(=O)c1ccc2cccnc2c1)C(=O)NO. The van der Waals surface area contributed by atoms with Crippen LogP contribution in [0.15, 0.2) is 41.4 Å². The van der Waals surface area contributed by atoms with Crippen molar-refractivity contribution in [2.75, 3.05) is 0 Å². The van der Waals surface area contributed by atoms with Gasteiger partial charge in [0.05, 0.1) is 16.5 Å². The number of hydroxylamine groups is 1. The molecule has 1 heterocycles. The van der Waals surface area contributed by atoms with E-state index in [0.29, 0.717) is 5.52 Å². The summed E-state index contributed by atoms with van der Waals surface area (Å²) in [5, 5.41) is 18.9. The number of fused-ring (bicyclic) bond motifs is 1. The third kappa shape index (κ3) is 3.39. The molecule has 1 amide bonds. The third-order valence-corrected chi connectivity index (χ3v) is 4.48. The number of nitrogens with one attached hydrogen (secondary N) is 2. The molecule has 0 fully saturated rings. The van der Waals surface area contributed by atoms with Gasteiger partial charge in [0.25, 0.3) is 5.91 Å². The van der Waals surface area contributed by atoms with Gasteiger partial charge in [-0.3, -0.25) is 15.0 Å². The summed E-state index contributed by atoms with van der Waals surface area (Å²) >= 11 is 0. The third-order valence-electron chi connectivity index (χ3n) is 3.04. The van der Waals surface area contributed by atoms with Crippen LogP contribution < -0.4 is 10.2 Å². The first-order valence-electron chi connectivity index (χ1n) is 6.34. The van der Waals surface area contributed by atoms with Crippen LogP contribution in [0.3, 0.4) is 0 Å². The van der Waals surface area contributed by atoms with Crippen molar-refractivity contribution in [2.24, 2.45) is 0 Å². The fourth-order valence-electron chi connectivity index (χ4n) is 1.89. The van der Waals surface area contributed by atoms with Gasteiger partial charge in [0.1, 0.15) is 6.04 Å². The Hall–Kier alpha value is -2.07. The zero-order valence-electron chi connectivity index (χ0n) is 11.6. The zero-order chi connectivity index (χ0) is 16.3. The van der Waals surface area contributed by atoms with Crippen molar-refractivity contribution in [1.29, 1.82) is 0 Å². The number of aliphatic hydroxyl groups is 1. The maximum atomic E-state index is 12.3. The predicted molar refractivity (Wildman–Crippen MR) is 77.5 cm³/mol. The van der Waals surface area contributed by atoms with Crippen molar-refractivity contribution in [1.82, 2.24) is 15.2 Å². The molecule has 0 bridgehead atoms. The smallest absolute Gasteiger partial charge is 0.264 e. The average Bonchev–Trinajstić information content (AvgIpc) is 2.51. The number of amides is 1. The molecule has 2 atom stereocenters. The standard InChI is InChI=1S/C13H15N3O5S/c1-8(17)12(13(18)15-19)16-22(20,21)10-5-4-9-3-2-6-14-11(9)7-10/h2-8,12,16-17,19H,1H3,(H,15,18)/t8-,12+/m1/s1. The van der Waals surface area contributed by atoms with Gasteiger partial charge in [0.2, 0.25) is 10.0 Å². The van der Waals surface area contributed by atoms with E-state index in [0.717, 1.165) is 5.39 Å². The Kier molecular flexibility index (Phi) is 4.71. The Morgan fingerprint density at radius 3 is 2.68 bits per heavy atom. The molecule has 2 aromatic rings. The molecule has 0 radical (unpaired) electrons. The van der Waals surface area contributed by atoms with E-state index < -0.39 is 28.1 Å². The van der Waals surface area contributed by atoms with Crippen LogP contribution in [-0.4, -0.2) is 41.8 Å². The van der Waals surface area contributed by atoms with Gasteiger partial charge in [0, 0.05) is 11.6 Å². The Labute approximate surface area is 126 Å². The Bertz CT molecular complexity index is 791. The van der Waals surface area contributed by atoms with Gasteiger partial charge in [-0.25, -0.2) is 13.9 Å². The van der Waals surface area contributed by atoms with Crippen LogP contribution in [-0.2, 0) is 14.8 Å². The Balaban J connectivity index is 2.37. The maximum Gasteiger partial charge on any atom is 0.264 e. The molecular weight excluding hydrogens is 310 g/mol. The minimum atomic E-state index is -4.07. The lowest BCUT2D eigenvalue weighted by Gasteiger charge is -2.19. The van der Waals surface area contributed by atoms with Gasteiger partial charge < -0.3 is 5.11 Å². The van der Waals surface area contributed by atoms with Crippen LogP contribution in [0.4, 0.5) is 0 Å². The molecule has 118 valence electrons. The summed E-state index contributed by atoms with van der Waals surface area (Å²) in [6.45, 7) is 1.23. The van der Waals surface area contributed by atoms with Crippen molar-refractivity contribution in [3.63, 3.8) is 0 Å². The number of sulfonamides is 1. The Morgan fingerprint density at radius 1 is 1.32 bits per heavy atom. The molecule has 0 saturated carbocycles. The molecule has 22 heavy (non-hydrogen) atoms. The monoisotopic (exact) mass is 325 g/mol. The van der Waals surface area contributed by atoms with Gasteiger partial charge in [0.15, 0.2) is 0 Å². The van der Waals surface area contributed by atoms with Crippen LogP contribution >= 0.6 is 0 Å². The van der Waals surface area contributed by atoms with Crippen molar-refractivity contribution in [3.8, 4) is 0 Å². The summed E-state index contributed by atoms with van der Waals surface area (Å²) in [5.41, 5.74) is 1.79. The summed E-state index contributed by atoms with van der Waals surface area (Å²) in [6.07, 6.45) is 0.199. The molecule has 0 spiro atoms. The molecule has 2 rings (SSSR count). The van der Waals surface area contributed by atoms with E-state index in [2.05, 4.69) is 4.98 Å². The highest BCUT2D eigenvalue weighted by atomic mass is 32.2. The molecule has 9 heteroatoms. The molecule has 4 N–H and O–H groups in total. The minimum absolute atomic E-state index is 0.102. The number of carbonyl (C=O) groups is 1. The summed E-state index contributed by atoms with van der Waals surface area (Å²) in [4.78, 5) is 15.4.